The number of halogens is 1. The lowest BCUT2D eigenvalue weighted by Gasteiger charge is -2.26. The third kappa shape index (κ3) is 2.05. The molecule has 1 fully saturated rings. The van der Waals surface area contributed by atoms with Crippen molar-refractivity contribution in [2.75, 3.05) is 6.54 Å². The van der Waals surface area contributed by atoms with E-state index in [9.17, 15) is 0 Å². The van der Waals surface area contributed by atoms with Crippen molar-refractivity contribution in [3.63, 3.8) is 0 Å². The lowest BCUT2D eigenvalue weighted by Crippen LogP contribution is -2.36. The zero-order valence-corrected chi connectivity index (χ0v) is 12.5. The van der Waals surface area contributed by atoms with E-state index in [-0.39, 0.29) is 5.54 Å². The minimum Gasteiger partial charge on any atom is -0.324 e. The highest BCUT2D eigenvalue weighted by molar-refractivity contribution is 6.31. The Morgan fingerprint density at radius 3 is 2.84 bits per heavy atom. The summed E-state index contributed by atoms with van der Waals surface area (Å²) in [5, 5.41) is 4.37. The molecule has 0 saturated carbocycles. The van der Waals surface area contributed by atoms with Crippen molar-refractivity contribution in [1.82, 2.24) is 14.9 Å². The molecule has 1 saturated heterocycles. The molecule has 1 aliphatic heterocycles. The van der Waals surface area contributed by atoms with Crippen LogP contribution in [-0.2, 0) is 5.54 Å². The van der Waals surface area contributed by atoms with E-state index in [4.69, 9.17) is 16.6 Å². The SMILES string of the molecule is CC(C)n1c(C2(C)CCCN2)nc2ccc(Cl)cc21. The fraction of sp³-hybridized carbons (Fsp3) is 0.533. The van der Waals surface area contributed by atoms with Crippen LogP contribution in [0, 0.1) is 0 Å². The molecule has 19 heavy (non-hydrogen) atoms. The molecule has 0 aliphatic carbocycles. The topological polar surface area (TPSA) is 29.9 Å². The number of benzene rings is 1. The lowest BCUT2D eigenvalue weighted by atomic mass is 9.99. The van der Waals surface area contributed by atoms with Crippen molar-refractivity contribution in [3.8, 4) is 0 Å². The van der Waals surface area contributed by atoms with E-state index in [2.05, 4.69) is 30.7 Å². The maximum Gasteiger partial charge on any atom is 0.130 e. The van der Waals surface area contributed by atoms with Crippen molar-refractivity contribution < 1.29 is 0 Å². The van der Waals surface area contributed by atoms with E-state index in [1.165, 1.54) is 6.42 Å². The molecule has 3 rings (SSSR count). The molecule has 0 amide bonds. The Balaban J connectivity index is 2.26. The fourth-order valence-corrected chi connectivity index (χ4v) is 3.23. The van der Waals surface area contributed by atoms with Crippen LogP contribution in [0.15, 0.2) is 18.2 Å². The number of hydrogen-bond donors (Lipinski definition) is 1. The van der Waals surface area contributed by atoms with Gasteiger partial charge in [0.15, 0.2) is 0 Å². The first kappa shape index (κ1) is 12.9. The van der Waals surface area contributed by atoms with Crippen LogP contribution in [0.5, 0.6) is 0 Å². The van der Waals surface area contributed by atoms with Gasteiger partial charge in [0.25, 0.3) is 0 Å². The summed E-state index contributed by atoms with van der Waals surface area (Å²) < 4.78 is 2.32. The van der Waals surface area contributed by atoms with Gasteiger partial charge >= 0.3 is 0 Å². The van der Waals surface area contributed by atoms with Crippen LogP contribution in [0.1, 0.15) is 45.5 Å². The van der Waals surface area contributed by atoms with Gasteiger partial charge in [0.05, 0.1) is 16.6 Å². The van der Waals surface area contributed by atoms with Crippen LogP contribution in [0.25, 0.3) is 11.0 Å². The van der Waals surface area contributed by atoms with Gasteiger partial charge in [-0.1, -0.05) is 11.6 Å². The van der Waals surface area contributed by atoms with Crippen molar-refractivity contribution >= 4 is 22.6 Å². The van der Waals surface area contributed by atoms with Crippen LogP contribution in [0.2, 0.25) is 5.02 Å². The molecule has 1 unspecified atom stereocenters. The smallest absolute Gasteiger partial charge is 0.130 e. The van der Waals surface area contributed by atoms with E-state index < -0.39 is 0 Å². The van der Waals surface area contributed by atoms with Gasteiger partial charge in [-0.2, -0.15) is 0 Å². The van der Waals surface area contributed by atoms with Crippen molar-refractivity contribution in [2.45, 2.75) is 45.2 Å². The quantitative estimate of drug-likeness (QED) is 0.903. The molecule has 1 aliphatic rings. The number of fused-ring (bicyclic) bond motifs is 1. The molecule has 2 heterocycles. The Hall–Kier alpha value is -1.06. The largest absolute Gasteiger partial charge is 0.324 e. The predicted octanol–water partition coefficient (Wildman–Crippen LogP) is 3.87. The second-order valence-electron chi connectivity index (χ2n) is 5.89. The van der Waals surface area contributed by atoms with Gasteiger partial charge in [-0.05, 0) is 58.4 Å². The van der Waals surface area contributed by atoms with Gasteiger partial charge in [-0.15, -0.1) is 0 Å². The molecule has 0 spiro atoms. The minimum absolute atomic E-state index is 0.0181. The van der Waals surface area contributed by atoms with Crippen LogP contribution < -0.4 is 5.32 Å². The molecule has 1 N–H and O–H groups in total. The normalized spacial score (nSPS) is 23.6. The van der Waals surface area contributed by atoms with Crippen LogP contribution in [-0.4, -0.2) is 16.1 Å². The summed E-state index contributed by atoms with van der Waals surface area (Å²) in [6.07, 6.45) is 2.34. The summed E-state index contributed by atoms with van der Waals surface area (Å²) in [6.45, 7) is 7.72. The number of hydrogen-bond acceptors (Lipinski definition) is 2. The lowest BCUT2D eigenvalue weighted by molar-refractivity contribution is 0.378. The van der Waals surface area contributed by atoms with E-state index >= 15 is 0 Å². The highest BCUT2D eigenvalue weighted by Gasteiger charge is 2.35. The number of nitrogens with one attached hydrogen (secondary N) is 1. The van der Waals surface area contributed by atoms with Crippen molar-refractivity contribution in [2.24, 2.45) is 0 Å². The Morgan fingerprint density at radius 1 is 1.42 bits per heavy atom. The highest BCUT2D eigenvalue weighted by Crippen LogP contribution is 2.34. The predicted molar refractivity (Wildman–Crippen MR) is 79.7 cm³/mol. The van der Waals surface area contributed by atoms with Gasteiger partial charge in [-0.3, -0.25) is 0 Å². The van der Waals surface area contributed by atoms with Gasteiger partial charge in [0, 0.05) is 11.1 Å². The van der Waals surface area contributed by atoms with Crippen LogP contribution in [0.4, 0.5) is 0 Å². The zero-order chi connectivity index (χ0) is 13.6. The molecule has 4 heteroatoms. The third-order valence-corrected chi connectivity index (χ3v) is 4.27. The van der Waals surface area contributed by atoms with Crippen molar-refractivity contribution in [1.29, 1.82) is 0 Å². The van der Waals surface area contributed by atoms with Gasteiger partial charge in [0.2, 0.25) is 0 Å². The summed E-state index contributed by atoms with van der Waals surface area (Å²) in [6, 6.07) is 6.32. The van der Waals surface area contributed by atoms with Crippen LogP contribution >= 0.6 is 11.6 Å². The molecule has 1 atom stereocenters. The van der Waals surface area contributed by atoms with E-state index in [1.807, 2.05) is 18.2 Å². The molecular formula is C15H20ClN3. The van der Waals surface area contributed by atoms with E-state index in [1.54, 1.807) is 0 Å². The standard InChI is InChI=1S/C15H20ClN3/c1-10(2)19-13-9-11(16)5-6-12(13)18-14(19)15(3)7-4-8-17-15/h5-6,9-10,17H,4,7-8H2,1-3H3. The average Bonchev–Trinajstić information content (AvgIpc) is 2.93. The summed E-state index contributed by atoms with van der Waals surface area (Å²) >= 11 is 6.14. The summed E-state index contributed by atoms with van der Waals surface area (Å²) in [5.74, 6) is 1.14. The summed E-state index contributed by atoms with van der Waals surface area (Å²) in [4.78, 5) is 4.87. The Kier molecular flexibility index (Phi) is 3.06. The summed E-state index contributed by atoms with van der Waals surface area (Å²) in [7, 11) is 0. The highest BCUT2D eigenvalue weighted by atomic mass is 35.5. The number of aromatic nitrogens is 2. The first-order chi connectivity index (χ1) is 9.01. The molecular weight excluding hydrogens is 258 g/mol. The Labute approximate surface area is 119 Å². The average molecular weight is 278 g/mol. The van der Waals surface area contributed by atoms with E-state index in [0.717, 1.165) is 34.8 Å². The second kappa shape index (κ2) is 4.50. The molecule has 1 aromatic heterocycles. The monoisotopic (exact) mass is 277 g/mol. The number of nitrogens with zero attached hydrogens (tertiary/aromatic N) is 2. The maximum absolute atomic E-state index is 6.14. The molecule has 3 nitrogen and oxygen atoms in total. The minimum atomic E-state index is -0.0181. The number of rotatable bonds is 2. The van der Waals surface area contributed by atoms with Gasteiger partial charge in [-0.25, -0.2) is 4.98 Å². The fourth-order valence-electron chi connectivity index (χ4n) is 3.06. The van der Waals surface area contributed by atoms with Gasteiger partial charge in [0.1, 0.15) is 5.82 Å². The Bertz CT molecular complexity index is 609. The Morgan fingerprint density at radius 2 is 2.21 bits per heavy atom. The molecule has 1 aromatic carbocycles. The first-order valence-electron chi connectivity index (χ1n) is 6.94. The summed E-state index contributed by atoms with van der Waals surface area (Å²) in [5.41, 5.74) is 2.14. The number of imidazole rings is 1. The first-order valence-corrected chi connectivity index (χ1v) is 7.32. The molecule has 2 aromatic rings. The van der Waals surface area contributed by atoms with Crippen molar-refractivity contribution in [3.05, 3.63) is 29.0 Å². The van der Waals surface area contributed by atoms with Gasteiger partial charge < -0.3 is 9.88 Å². The third-order valence-electron chi connectivity index (χ3n) is 4.03. The van der Waals surface area contributed by atoms with E-state index in [0.29, 0.717) is 6.04 Å². The van der Waals surface area contributed by atoms with Crippen LogP contribution in [0.3, 0.4) is 0 Å². The second-order valence-corrected chi connectivity index (χ2v) is 6.33. The zero-order valence-electron chi connectivity index (χ0n) is 11.7. The molecule has 0 bridgehead atoms. The molecule has 102 valence electrons. The maximum atomic E-state index is 6.14. The molecule has 0 radical (unpaired) electrons.